The van der Waals surface area contributed by atoms with Gasteiger partial charge in [0.15, 0.2) is 0 Å². The Morgan fingerprint density at radius 3 is 2.58 bits per heavy atom. The number of carboxylic acids is 1. The highest BCUT2D eigenvalue weighted by Gasteiger charge is 2.22. The molecule has 0 aliphatic heterocycles. The molecule has 0 unspecified atom stereocenters. The van der Waals surface area contributed by atoms with Crippen molar-refractivity contribution < 1.29 is 14.6 Å². The molecule has 7 nitrogen and oxygen atoms in total. The van der Waals surface area contributed by atoms with Gasteiger partial charge >= 0.3 is 5.97 Å². The molecule has 2 N–H and O–H groups in total. The number of methoxy groups -OCH3 is 1. The van der Waals surface area contributed by atoms with Crippen molar-refractivity contribution >= 4 is 27.8 Å². The molecule has 0 aliphatic carbocycles. The van der Waals surface area contributed by atoms with E-state index in [2.05, 4.69) is 35.1 Å². The van der Waals surface area contributed by atoms with Gasteiger partial charge in [0.05, 0.1) is 41.3 Å². The van der Waals surface area contributed by atoms with E-state index in [-0.39, 0.29) is 11.5 Å². The van der Waals surface area contributed by atoms with Crippen LogP contribution < -0.4 is 4.74 Å². The van der Waals surface area contributed by atoms with E-state index >= 15 is 0 Å². The molecular formula is C26H22N4O3. The van der Waals surface area contributed by atoms with E-state index in [0.717, 1.165) is 55.6 Å². The lowest BCUT2D eigenvalue weighted by Crippen LogP contribution is -2.03. The Balaban J connectivity index is 1.89. The first-order valence-corrected chi connectivity index (χ1v) is 10.6. The van der Waals surface area contributed by atoms with Crippen molar-refractivity contribution in [2.45, 2.75) is 19.8 Å². The number of nitrogens with one attached hydrogen (secondary N) is 1. The van der Waals surface area contributed by atoms with Crippen LogP contribution in [0.15, 0.2) is 60.9 Å². The van der Waals surface area contributed by atoms with Crippen LogP contribution in [-0.2, 0) is 0 Å². The van der Waals surface area contributed by atoms with E-state index < -0.39 is 5.97 Å². The summed E-state index contributed by atoms with van der Waals surface area (Å²) in [6.07, 6.45) is 3.54. The summed E-state index contributed by atoms with van der Waals surface area (Å²) >= 11 is 0. The number of ether oxygens (including phenoxy) is 1. The Labute approximate surface area is 190 Å². The lowest BCUT2D eigenvalue weighted by molar-refractivity contribution is 0.0697. The lowest BCUT2D eigenvalue weighted by Gasteiger charge is -2.20. The molecule has 0 spiro atoms. The second kappa shape index (κ2) is 8.02. The van der Waals surface area contributed by atoms with Crippen LogP contribution in [0.5, 0.6) is 5.75 Å². The number of rotatable bonds is 5. The van der Waals surface area contributed by atoms with Crippen LogP contribution in [0.4, 0.5) is 0 Å². The minimum atomic E-state index is -0.958. The predicted molar refractivity (Wildman–Crippen MR) is 128 cm³/mol. The predicted octanol–water partition coefficient (Wildman–Crippen LogP) is 5.67. The number of carboxylic acid groups (broad SMARTS) is 1. The summed E-state index contributed by atoms with van der Waals surface area (Å²) in [5.41, 5.74) is 6.38. The monoisotopic (exact) mass is 438 g/mol. The van der Waals surface area contributed by atoms with Gasteiger partial charge in [0.25, 0.3) is 0 Å². The third kappa shape index (κ3) is 3.57. The number of pyridine rings is 2. The molecule has 5 rings (SSSR count). The summed E-state index contributed by atoms with van der Waals surface area (Å²) in [6, 6.07) is 14.6. The number of carbonyl (C=O) groups is 1. The average Bonchev–Trinajstić information content (AvgIpc) is 3.28. The molecule has 3 aromatic heterocycles. The molecule has 0 atom stereocenters. The van der Waals surface area contributed by atoms with Crippen molar-refractivity contribution in [1.82, 2.24) is 20.2 Å². The SMILES string of the molecule is COc1ccnc(-c2c(C(C)C)c(-c3ccc(C(=O)O)cc3)nc3cc4[nH]ncc4cc23)c1. The van der Waals surface area contributed by atoms with Gasteiger partial charge in [-0.3, -0.25) is 10.1 Å². The molecule has 7 heteroatoms. The lowest BCUT2D eigenvalue weighted by atomic mass is 9.87. The van der Waals surface area contributed by atoms with E-state index in [1.165, 1.54) is 0 Å². The van der Waals surface area contributed by atoms with E-state index in [1.807, 2.05) is 18.2 Å². The van der Waals surface area contributed by atoms with Crippen LogP contribution in [0.3, 0.4) is 0 Å². The van der Waals surface area contributed by atoms with Crippen molar-refractivity contribution in [3.63, 3.8) is 0 Å². The average molecular weight is 438 g/mol. The van der Waals surface area contributed by atoms with E-state index in [0.29, 0.717) is 0 Å². The van der Waals surface area contributed by atoms with Gasteiger partial charge in [-0.15, -0.1) is 0 Å². The Kier molecular flexibility index (Phi) is 5.01. The molecule has 0 aliphatic rings. The van der Waals surface area contributed by atoms with Crippen molar-refractivity contribution in [2.75, 3.05) is 7.11 Å². The maximum absolute atomic E-state index is 11.4. The maximum Gasteiger partial charge on any atom is 0.335 e. The van der Waals surface area contributed by atoms with Gasteiger partial charge in [0.2, 0.25) is 0 Å². The summed E-state index contributed by atoms with van der Waals surface area (Å²) in [5.74, 6) is -0.115. The van der Waals surface area contributed by atoms with Crippen LogP contribution in [-0.4, -0.2) is 38.4 Å². The topological polar surface area (TPSA) is 101 Å². The maximum atomic E-state index is 11.4. The van der Waals surface area contributed by atoms with Gasteiger partial charge in [0.1, 0.15) is 5.75 Å². The molecule has 164 valence electrons. The molecule has 0 bridgehead atoms. The Hall–Kier alpha value is -4.26. The summed E-state index contributed by atoms with van der Waals surface area (Å²) in [4.78, 5) is 21.1. The van der Waals surface area contributed by atoms with Crippen LogP contribution in [0.25, 0.3) is 44.3 Å². The number of hydrogen-bond acceptors (Lipinski definition) is 5. The summed E-state index contributed by atoms with van der Waals surface area (Å²) in [6.45, 7) is 4.25. The highest BCUT2D eigenvalue weighted by atomic mass is 16.5. The van der Waals surface area contributed by atoms with Gasteiger partial charge < -0.3 is 9.84 Å². The quantitative estimate of drug-likeness (QED) is 0.367. The largest absolute Gasteiger partial charge is 0.497 e. The number of aromatic amines is 1. The molecule has 5 aromatic rings. The summed E-state index contributed by atoms with van der Waals surface area (Å²) in [5, 5.41) is 18.5. The number of aromatic nitrogens is 4. The number of hydrogen-bond donors (Lipinski definition) is 2. The molecule has 2 aromatic carbocycles. The summed E-state index contributed by atoms with van der Waals surface area (Å²) in [7, 11) is 1.64. The summed E-state index contributed by atoms with van der Waals surface area (Å²) < 4.78 is 5.47. The fourth-order valence-corrected chi connectivity index (χ4v) is 4.22. The van der Waals surface area contributed by atoms with Gasteiger partial charge in [-0.2, -0.15) is 5.10 Å². The molecule has 0 fully saturated rings. The number of benzene rings is 2. The van der Waals surface area contributed by atoms with Crippen molar-refractivity contribution in [3.8, 4) is 28.3 Å². The fourth-order valence-electron chi connectivity index (χ4n) is 4.22. The zero-order chi connectivity index (χ0) is 23.1. The van der Waals surface area contributed by atoms with Crippen LogP contribution in [0.1, 0.15) is 35.7 Å². The molecule has 3 heterocycles. The van der Waals surface area contributed by atoms with E-state index in [4.69, 9.17) is 9.72 Å². The zero-order valence-corrected chi connectivity index (χ0v) is 18.5. The normalized spacial score (nSPS) is 11.4. The van der Waals surface area contributed by atoms with Crippen molar-refractivity contribution in [1.29, 1.82) is 0 Å². The highest BCUT2D eigenvalue weighted by Crippen LogP contribution is 2.41. The van der Waals surface area contributed by atoms with Crippen molar-refractivity contribution in [3.05, 3.63) is 72.1 Å². The van der Waals surface area contributed by atoms with Gasteiger partial charge in [-0.05, 0) is 41.8 Å². The van der Waals surface area contributed by atoms with Gasteiger partial charge in [0, 0.05) is 34.2 Å². The van der Waals surface area contributed by atoms with Crippen LogP contribution in [0.2, 0.25) is 0 Å². The first kappa shape index (κ1) is 20.6. The second-order valence-corrected chi connectivity index (χ2v) is 8.19. The van der Waals surface area contributed by atoms with Gasteiger partial charge in [-0.25, -0.2) is 9.78 Å². The third-order valence-corrected chi connectivity index (χ3v) is 5.79. The number of H-pyrrole nitrogens is 1. The first-order chi connectivity index (χ1) is 16.0. The Morgan fingerprint density at radius 1 is 1.09 bits per heavy atom. The highest BCUT2D eigenvalue weighted by molar-refractivity contribution is 6.05. The van der Waals surface area contributed by atoms with Crippen molar-refractivity contribution in [2.24, 2.45) is 0 Å². The Bertz CT molecular complexity index is 1500. The second-order valence-electron chi connectivity index (χ2n) is 8.19. The van der Waals surface area contributed by atoms with Crippen LogP contribution >= 0.6 is 0 Å². The van der Waals surface area contributed by atoms with Gasteiger partial charge in [-0.1, -0.05) is 26.0 Å². The minimum Gasteiger partial charge on any atom is -0.497 e. The number of aromatic carboxylic acids is 1. The standard InChI is InChI=1S/C26H22N4O3/c1-14(2)23-24(22-11-18(33-3)8-9-27-22)19-10-17-13-28-30-20(17)12-21(19)29-25(23)15-4-6-16(7-5-15)26(31)32/h4-14H,1-3H3,(H,28,30)(H,31,32). The molecular weight excluding hydrogens is 416 g/mol. The molecule has 0 radical (unpaired) electrons. The number of nitrogens with zero attached hydrogens (tertiary/aromatic N) is 3. The van der Waals surface area contributed by atoms with E-state index in [9.17, 15) is 9.90 Å². The minimum absolute atomic E-state index is 0.124. The van der Waals surface area contributed by atoms with E-state index in [1.54, 1.807) is 43.8 Å². The zero-order valence-electron chi connectivity index (χ0n) is 18.5. The Morgan fingerprint density at radius 2 is 1.88 bits per heavy atom. The third-order valence-electron chi connectivity index (χ3n) is 5.79. The molecule has 33 heavy (non-hydrogen) atoms. The fraction of sp³-hybridized carbons (Fsp3) is 0.154. The number of fused-ring (bicyclic) bond motifs is 2. The smallest absolute Gasteiger partial charge is 0.335 e. The first-order valence-electron chi connectivity index (χ1n) is 10.6. The van der Waals surface area contributed by atoms with Crippen LogP contribution in [0, 0.1) is 0 Å². The molecule has 0 saturated heterocycles. The molecule has 0 saturated carbocycles. The molecule has 0 amide bonds.